The molecule has 1 rings (SSSR count). The predicted octanol–water partition coefficient (Wildman–Crippen LogP) is 1.03. The van der Waals surface area contributed by atoms with Crippen LogP contribution in [0.1, 0.15) is 39.5 Å². The lowest BCUT2D eigenvalue weighted by Gasteiger charge is -2.26. The van der Waals surface area contributed by atoms with Gasteiger partial charge in [0.05, 0.1) is 5.54 Å². The van der Waals surface area contributed by atoms with E-state index in [0.29, 0.717) is 12.3 Å². The molecule has 1 saturated carbocycles. The van der Waals surface area contributed by atoms with Crippen molar-refractivity contribution < 1.29 is 4.79 Å². The van der Waals surface area contributed by atoms with Crippen molar-refractivity contribution >= 4 is 5.91 Å². The van der Waals surface area contributed by atoms with Gasteiger partial charge in [0.2, 0.25) is 5.91 Å². The van der Waals surface area contributed by atoms with Gasteiger partial charge < -0.3 is 11.1 Å². The van der Waals surface area contributed by atoms with E-state index in [1.165, 1.54) is 0 Å². The lowest BCUT2D eigenvalue weighted by Crippen LogP contribution is -2.55. The summed E-state index contributed by atoms with van der Waals surface area (Å²) in [6.45, 7) is 3.82. The van der Waals surface area contributed by atoms with Crippen LogP contribution in [-0.2, 0) is 4.79 Å². The summed E-state index contributed by atoms with van der Waals surface area (Å²) in [6.07, 6.45) is 8.77. The van der Waals surface area contributed by atoms with E-state index < -0.39 is 5.54 Å². The highest BCUT2D eigenvalue weighted by molar-refractivity contribution is 5.86. The van der Waals surface area contributed by atoms with Gasteiger partial charge in [-0.25, -0.2) is 0 Å². The van der Waals surface area contributed by atoms with Crippen molar-refractivity contribution in [3.8, 4) is 12.3 Å². The second kappa shape index (κ2) is 4.67. The number of rotatable bonds is 5. The van der Waals surface area contributed by atoms with Crippen LogP contribution in [0.5, 0.6) is 0 Å². The largest absolute Gasteiger partial charge is 0.351 e. The Morgan fingerprint density at radius 1 is 1.73 bits per heavy atom. The number of nitrogens with two attached hydrogens (primary N) is 1. The average Bonchev–Trinajstić information content (AvgIpc) is 3.00. The maximum absolute atomic E-state index is 11.9. The summed E-state index contributed by atoms with van der Waals surface area (Å²) >= 11 is 0. The minimum Gasteiger partial charge on any atom is -0.351 e. The van der Waals surface area contributed by atoms with Crippen LogP contribution in [0.3, 0.4) is 0 Å². The standard InChI is InChI=1S/C12H20N2O/c1-4-6-10(5-2)14-11(15)12(3,13)9-7-8-9/h1,9-10H,5-8,13H2,2-3H3,(H,14,15). The van der Waals surface area contributed by atoms with Crippen LogP contribution in [0.15, 0.2) is 0 Å². The van der Waals surface area contributed by atoms with Crippen molar-refractivity contribution in [2.75, 3.05) is 0 Å². The topological polar surface area (TPSA) is 55.1 Å². The summed E-state index contributed by atoms with van der Waals surface area (Å²) in [4.78, 5) is 11.9. The molecule has 0 spiro atoms. The summed E-state index contributed by atoms with van der Waals surface area (Å²) in [5.74, 6) is 2.85. The van der Waals surface area contributed by atoms with Crippen LogP contribution >= 0.6 is 0 Å². The van der Waals surface area contributed by atoms with Crippen molar-refractivity contribution in [2.24, 2.45) is 11.7 Å². The maximum atomic E-state index is 11.9. The van der Waals surface area contributed by atoms with Gasteiger partial charge in [-0.15, -0.1) is 12.3 Å². The number of carbonyl (C=O) groups excluding carboxylic acids is 1. The molecule has 1 aliphatic rings. The molecule has 2 unspecified atom stereocenters. The van der Waals surface area contributed by atoms with E-state index in [2.05, 4.69) is 11.2 Å². The van der Waals surface area contributed by atoms with Crippen molar-refractivity contribution in [1.82, 2.24) is 5.32 Å². The molecule has 0 saturated heterocycles. The third kappa shape index (κ3) is 2.97. The Bertz CT molecular complexity index is 274. The van der Waals surface area contributed by atoms with Gasteiger partial charge in [-0.05, 0) is 32.1 Å². The Morgan fingerprint density at radius 3 is 2.73 bits per heavy atom. The zero-order chi connectivity index (χ0) is 11.5. The molecule has 0 radical (unpaired) electrons. The lowest BCUT2D eigenvalue weighted by atomic mass is 9.95. The summed E-state index contributed by atoms with van der Waals surface area (Å²) in [6, 6.07) is 0.0594. The highest BCUT2D eigenvalue weighted by Crippen LogP contribution is 2.38. The molecule has 0 aromatic carbocycles. The fourth-order valence-corrected chi connectivity index (χ4v) is 1.65. The molecule has 3 heteroatoms. The van der Waals surface area contributed by atoms with Crippen molar-refractivity contribution in [3.63, 3.8) is 0 Å². The number of carbonyl (C=O) groups is 1. The second-order valence-electron chi connectivity index (χ2n) is 4.54. The van der Waals surface area contributed by atoms with Crippen LogP contribution < -0.4 is 11.1 Å². The highest BCUT2D eigenvalue weighted by atomic mass is 16.2. The highest BCUT2D eigenvalue weighted by Gasteiger charge is 2.44. The molecule has 2 atom stereocenters. The first kappa shape index (κ1) is 12.1. The molecule has 0 aliphatic heterocycles. The summed E-state index contributed by atoms with van der Waals surface area (Å²) in [5, 5.41) is 2.92. The predicted molar refractivity (Wildman–Crippen MR) is 61.0 cm³/mol. The van der Waals surface area contributed by atoms with Crippen molar-refractivity contribution in [2.45, 2.75) is 51.1 Å². The van der Waals surface area contributed by atoms with E-state index in [0.717, 1.165) is 19.3 Å². The van der Waals surface area contributed by atoms with Crippen molar-refractivity contribution in [3.05, 3.63) is 0 Å². The third-order valence-corrected chi connectivity index (χ3v) is 3.11. The minimum atomic E-state index is -0.720. The SMILES string of the molecule is C#CCC(CC)NC(=O)C(C)(N)C1CC1. The normalized spacial score (nSPS) is 21.2. The van der Waals surface area contributed by atoms with Gasteiger partial charge >= 0.3 is 0 Å². The average molecular weight is 208 g/mol. The van der Waals surface area contributed by atoms with E-state index >= 15 is 0 Å². The first-order chi connectivity index (χ1) is 7.02. The first-order valence-electron chi connectivity index (χ1n) is 5.55. The minimum absolute atomic E-state index is 0.0594. The molecule has 0 bridgehead atoms. The molecule has 0 heterocycles. The Labute approximate surface area is 91.8 Å². The molecule has 1 aliphatic carbocycles. The van der Waals surface area contributed by atoms with Gasteiger partial charge in [0, 0.05) is 12.5 Å². The third-order valence-electron chi connectivity index (χ3n) is 3.11. The fourth-order valence-electron chi connectivity index (χ4n) is 1.65. The second-order valence-corrected chi connectivity index (χ2v) is 4.54. The maximum Gasteiger partial charge on any atom is 0.240 e. The number of hydrogen-bond acceptors (Lipinski definition) is 2. The molecule has 3 N–H and O–H groups in total. The van der Waals surface area contributed by atoms with Gasteiger partial charge in [0.25, 0.3) is 0 Å². The number of terminal acetylenes is 1. The Kier molecular flexibility index (Phi) is 3.76. The molecule has 84 valence electrons. The van der Waals surface area contributed by atoms with Crippen molar-refractivity contribution in [1.29, 1.82) is 0 Å². The van der Waals surface area contributed by atoms with Crippen LogP contribution in [-0.4, -0.2) is 17.5 Å². The van der Waals surface area contributed by atoms with Gasteiger partial charge in [0.15, 0.2) is 0 Å². The quantitative estimate of drug-likeness (QED) is 0.663. The summed E-state index contributed by atoms with van der Waals surface area (Å²) in [5.41, 5.74) is 5.28. The molecular weight excluding hydrogens is 188 g/mol. The van der Waals surface area contributed by atoms with E-state index in [1.54, 1.807) is 0 Å². The monoisotopic (exact) mass is 208 g/mol. The van der Waals surface area contributed by atoms with Crippen LogP contribution in [0, 0.1) is 18.3 Å². The molecule has 1 fully saturated rings. The first-order valence-corrected chi connectivity index (χ1v) is 5.55. The smallest absolute Gasteiger partial charge is 0.240 e. The zero-order valence-electron chi connectivity index (χ0n) is 9.55. The number of hydrogen-bond donors (Lipinski definition) is 2. The van der Waals surface area contributed by atoms with E-state index in [-0.39, 0.29) is 11.9 Å². The fraction of sp³-hybridized carbons (Fsp3) is 0.750. The molecule has 3 nitrogen and oxygen atoms in total. The van der Waals surface area contributed by atoms with Crippen LogP contribution in [0.4, 0.5) is 0 Å². The Balaban J connectivity index is 2.49. The molecule has 1 amide bonds. The Morgan fingerprint density at radius 2 is 2.33 bits per heavy atom. The van der Waals surface area contributed by atoms with Gasteiger partial charge in [-0.1, -0.05) is 6.92 Å². The number of amides is 1. The molecule has 0 aromatic heterocycles. The van der Waals surface area contributed by atoms with E-state index in [9.17, 15) is 4.79 Å². The van der Waals surface area contributed by atoms with Gasteiger partial charge in [-0.3, -0.25) is 4.79 Å². The van der Waals surface area contributed by atoms with Crippen LogP contribution in [0.2, 0.25) is 0 Å². The molecule has 0 aromatic rings. The van der Waals surface area contributed by atoms with Crippen LogP contribution in [0.25, 0.3) is 0 Å². The summed E-state index contributed by atoms with van der Waals surface area (Å²) < 4.78 is 0. The lowest BCUT2D eigenvalue weighted by molar-refractivity contribution is -0.127. The van der Waals surface area contributed by atoms with E-state index in [4.69, 9.17) is 12.2 Å². The van der Waals surface area contributed by atoms with Gasteiger partial charge in [-0.2, -0.15) is 0 Å². The number of nitrogens with one attached hydrogen (secondary N) is 1. The molecule has 15 heavy (non-hydrogen) atoms. The van der Waals surface area contributed by atoms with Gasteiger partial charge in [0.1, 0.15) is 0 Å². The summed E-state index contributed by atoms with van der Waals surface area (Å²) in [7, 11) is 0. The Hall–Kier alpha value is -1.01. The zero-order valence-corrected chi connectivity index (χ0v) is 9.55. The van der Waals surface area contributed by atoms with E-state index in [1.807, 2.05) is 13.8 Å². The molecular formula is C12H20N2O.